The summed E-state index contributed by atoms with van der Waals surface area (Å²) in [5.41, 5.74) is 0. The Balaban J connectivity index is 2.35. The van der Waals surface area contributed by atoms with Crippen LogP contribution in [0.1, 0.15) is 37.0 Å². The van der Waals surface area contributed by atoms with E-state index in [1.165, 1.54) is 0 Å². The molecule has 1 unspecified atom stereocenters. The van der Waals surface area contributed by atoms with Crippen molar-refractivity contribution in [3.8, 4) is 0 Å². The van der Waals surface area contributed by atoms with Crippen molar-refractivity contribution in [1.29, 1.82) is 0 Å². The summed E-state index contributed by atoms with van der Waals surface area (Å²) in [5, 5.41) is 8.49. The molecule has 0 aromatic carbocycles. The molecule has 0 aliphatic heterocycles. The maximum absolute atomic E-state index is 6.09. The molecule has 0 saturated carbocycles. The Morgan fingerprint density at radius 2 is 2.12 bits per heavy atom. The topological polar surface area (TPSA) is 30.7 Å². The maximum Gasteiger partial charge on any atom is 0.225 e. The first kappa shape index (κ1) is 12.9. The fourth-order valence-electron chi connectivity index (χ4n) is 1.76. The first-order valence-corrected chi connectivity index (χ1v) is 7.05. The van der Waals surface area contributed by atoms with Crippen molar-refractivity contribution in [3.05, 3.63) is 32.5 Å². The van der Waals surface area contributed by atoms with Gasteiger partial charge in [-0.25, -0.2) is 0 Å². The van der Waals surface area contributed by atoms with Gasteiger partial charge < -0.3 is 0 Å². The Hall–Kier alpha value is -0.580. The predicted molar refractivity (Wildman–Crippen MR) is 72.2 cm³/mol. The van der Waals surface area contributed by atoms with Crippen molar-refractivity contribution >= 4 is 34.5 Å². The second kappa shape index (κ2) is 5.38. The molecule has 2 aromatic rings. The van der Waals surface area contributed by atoms with Crippen molar-refractivity contribution in [2.75, 3.05) is 0 Å². The van der Waals surface area contributed by atoms with Crippen LogP contribution in [-0.4, -0.2) is 14.8 Å². The van der Waals surface area contributed by atoms with Crippen molar-refractivity contribution < 1.29 is 0 Å². The van der Waals surface area contributed by atoms with E-state index < -0.39 is 0 Å². The second-order valence-electron chi connectivity index (χ2n) is 3.82. The van der Waals surface area contributed by atoms with E-state index >= 15 is 0 Å². The van der Waals surface area contributed by atoms with Gasteiger partial charge in [-0.2, -0.15) is 0 Å². The first-order valence-electron chi connectivity index (χ1n) is 5.48. The lowest BCUT2D eigenvalue weighted by atomic mass is 10.2. The van der Waals surface area contributed by atoms with E-state index in [0.717, 1.165) is 27.9 Å². The van der Waals surface area contributed by atoms with E-state index in [4.69, 9.17) is 23.2 Å². The lowest BCUT2D eigenvalue weighted by Crippen LogP contribution is -2.09. The minimum atomic E-state index is 0.122. The number of thiophene rings is 1. The summed E-state index contributed by atoms with van der Waals surface area (Å²) in [6.07, 6.45) is 1.90. The molecule has 0 aliphatic rings. The molecule has 0 amide bonds. The third-order valence-corrected chi connectivity index (χ3v) is 4.25. The summed E-state index contributed by atoms with van der Waals surface area (Å²) in [5.74, 6) is 0.925. The van der Waals surface area contributed by atoms with Gasteiger partial charge in [0.15, 0.2) is 0 Å². The van der Waals surface area contributed by atoms with Crippen molar-refractivity contribution in [2.24, 2.45) is 0 Å². The van der Waals surface area contributed by atoms with Crippen LogP contribution >= 0.6 is 34.5 Å². The van der Waals surface area contributed by atoms with Gasteiger partial charge >= 0.3 is 0 Å². The van der Waals surface area contributed by atoms with E-state index in [2.05, 4.69) is 24.0 Å². The van der Waals surface area contributed by atoms with Gasteiger partial charge in [-0.1, -0.05) is 18.5 Å². The molecule has 0 radical (unpaired) electrons. The van der Waals surface area contributed by atoms with Gasteiger partial charge in [-0.15, -0.1) is 21.5 Å². The molecule has 17 heavy (non-hydrogen) atoms. The van der Waals surface area contributed by atoms with Gasteiger partial charge in [0.2, 0.25) is 5.28 Å². The SMILES string of the molecule is CCCc1nnc(Cl)n1C(C)c1ccc(Cl)s1. The highest BCUT2D eigenvalue weighted by molar-refractivity contribution is 7.16. The highest BCUT2D eigenvalue weighted by Crippen LogP contribution is 2.31. The Morgan fingerprint density at radius 3 is 2.71 bits per heavy atom. The zero-order valence-electron chi connectivity index (χ0n) is 9.65. The molecule has 2 aromatic heterocycles. The highest BCUT2D eigenvalue weighted by Gasteiger charge is 2.18. The average Bonchev–Trinajstić information content (AvgIpc) is 2.86. The summed E-state index contributed by atoms with van der Waals surface area (Å²) < 4.78 is 2.75. The van der Waals surface area contributed by atoms with Gasteiger partial charge in [-0.3, -0.25) is 4.57 Å². The Labute approximate surface area is 114 Å². The third kappa shape index (κ3) is 2.64. The van der Waals surface area contributed by atoms with Crippen LogP contribution < -0.4 is 0 Å². The van der Waals surface area contributed by atoms with Crippen molar-refractivity contribution in [2.45, 2.75) is 32.7 Å². The Bertz CT molecular complexity index is 507. The number of aromatic nitrogens is 3. The molecular formula is C11H13Cl2N3S. The van der Waals surface area contributed by atoms with Gasteiger partial charge in [0.1, 0.15) is 5.82 Å². The smallest absolute Gasteiger partial charge is 0.225 e. The van der Waals surface area contributed by atoms with Crippen LogP contribution in [0.5, 0.6) is 0 Å². The quantitative estimate of drug-likeness (QED) is 0.844. The number of hydrogen-bond donors (Lipinski definition) is 0. The van der Waals surface area contributed by atoms with Crippen LogP contribution in [-0.2, 0) is 6.42 Å². The van der Waals surface area contributed by atoms with E-state index in [-0.39, 0.29) is 6.04 Å². The molecule has 6 heteroatoms. The Kier molecular flexibility index (Phi) is 4.07. The molecule has 2 heterocycles. The highest BCUT2D eigenvalue weighted by atomic mass is 35.5. The lowest BCUT2D eigenvalue weighted by Gasteiger charge is -2.14. The summed E-state index contributed by atoms with van der Waals surface area (Å²) in [6.45, 7) is 4.19. The minimum Gasteiger partial charge on any atom is -0.294 e. The zero-order chi connectivity index (χ0) is 12.4. The number of aryl methyl sites for hydroxylation is 1. The van der Waals surface area contributed by atoms with Crippen LogP contribution in [0.2, 0.25) is 9.62 Å². The second-order valence-corrected chi connectivity index (χ2v) is 5.91. The monoisotopic (exact) mass is 289 g/mol. The summed E-state index contributed by atoms with van der Waals surface area (Å²) in [7, 11) is 0. The van der Waals surface area contributed by atoms with Crippen LogP contribution in [0.3, 0.4) is 0 Å². The normalized spacial score (nSPS) is 12.9. The average molecular weight is 290 g/mol. The first-order chi connectivity index (χ1) is 8.13. The number of halogens is 2. The van der Waals surface area contributed by atoms with Crippen molar-refractivity contribution in [1.82, 2.24) is 14.8 Å². The molecule has 2 rings (SSSR count). The van der Waals surface area contributed by atoms with Crippen LogP contribution in [0, 0.1) is 0 Å². The molecular weight excluding hydrogens is 277 g/mol. The molecule has 0 saturated heterocycles. The lowest BCUT2D eigenvalue weighted by molar-refractivity contribution is 0.605. The fraction of sp³-hybridized carbons (Fsp3) is 0.455. The van der Waals surface area contributed by atoms with E-state index in [1.54, 1.807) is 11.3 Å². The molecule has 1 atom stereocenters. The largest absolute Gasteiger partial charge is 0.294 e. The molecule has 0 spiro atoms. The summed E-state index contributed by atoms with van der Waals surface area (Å²) >= 11 is 13.6. The van der Waals surface area contributed by atoms with Gasteiger partial charge in [0.05, 0.1) is 10.4 Å². The summed E-state index contributed by atoms with van der Waals surface area (Å²) in [4.78, 5) is 1.16. The molecule has 92 valence electrons. The minimum absolute atomic E-state index is 0.122. The van der Waals surface area contributed by atoms with E-state index in [1.807, 2.05) is 16.7 Å². The Morgan fingerprint density at radius 1 is 1.35 bits per heavy atom. The fourth-order valence-corrected chi connectivity index (χ4v) is 3.14. The number of hydrogen-bond acceptors (Lipinski definition) is 3. The van der Waals surface area contributed by atoms with E-state index in [9.17, 15) is 0 Å². The number of rotatable bonds is 4. The van der Waals surface area contributed by atoms with E-state index in [0.29, 0.717) is 5.28 Å². The molecule has 0 aliphatic carbocycles. The molecule has 0 bridgehead atoms. The molecule has 0 fully saturated rings. The number of nitrogens with zero attached hydrogens (tertiary/aromatic N) is 3. The molecule has 3 nitrogen and oxygen atoms in total. The zero-order valence-corrected chi connectivity index (χ0v) is 12.0. The molecule has 0 N–H and O–H groups in total. The standard InChI is InChI=1S/C11H13Cl2N3S/c1-3-4-10-14-15-11(13)16(10)7(2)8-5-6-9(12)17-8/h5-7H,3-4H2,1-2H3. The van der Waals surface area contributed by atoms with Gasteiger partial charge in [0.25, 0.3) is 0 Å². The predicted octanol–water partition coefficient (Wildman–Crippen LogP) is 4.21. The van der Waals surface area contributed by atoms with Crippen LogP contribution in [0.15, 0.2) is 12.1 Å². The van der Waals surface area contributed by atoms with Crippen molar-refractivity contribution in [3.63, 3.8) is 0 Å². The van der Waals surface area contributed by atoms with Gasteiger partial charge in [0, 0.05) is 11.3 Å². The maximum atomic E-state index is 6.09. The van der Waals surface area contributed by atoms with Crippen LogP contribution in [0.25, 0.3) is 0 Å². The third-order valence-electron chi connectivity index (χ3n) is 2.59. The summed E-state index contributed by atoms with van der Waals surface area (Å²) in [6, 6.07) is 4.04. The van der Waals surface area contributed by atoms with Gasteiger partial charge in [-0.05, 0) is 37.1 Å². The van der Waals surface area contributed by atoms with Crippen LogP contribution in [0.4, 0.5) is 0 Å².